The number of benzene rings is 1. The molecule has 0 aliphatic carbocycles. The summed E-state index contributed by atoms with van der Waals surface area (Å²) in [5.41, 5.74) is 1.42. The third-order valence-corrected chi connectivity index (χ3v) is 4.57. The van der Waals surface area contributed by atoms with Crippen molar-refractivity contribution in [1.82, 2.24) is 4.90 Å². The molecule has 0 saturated carbocycles. The Bertz CT molecular complexity index is 404. The highest BCUT2D eigenvalue weighted by atomic mass is 16.5. The largest absolute Gasteiger partial charge is 0.494 e. The van der Waals surface area contributed by atoms with Crippen molar-refractivity contribution < 1.29 is 4.74 Å². The van der Waals surface area contributed by atoms with Gasteiger partial charge in [0.25, 0.3) is 0 Å². The van der Waals surface area contributed by atoms with Gasteiger partial charge in [0.05, 0.1) is 6.61 Å². The summed E-state index contributed by atoms with van der Waals surface area (Å²) in [6.07, 6.45) is 6.22. The summed E-state index contributed by atoms with van der Waals surface area (Å²) >= 11 is 0. The monoisotopic (exact) mass is 303 g/mol. The highest BCUT2D eigenvalue weighted by Crippen LogP contribution is 2.21. The Morgan fingerprint density at radius 3 is 2.36 bits per heavy atom. The van der Waals surface area contributed by atoms with E-state index in [-0.39, 0.29) is 0 Å². The minimum atomic E-state index is 0.827. The highest BCUT2D eigenvalue weighted by molar-refractivity contribution is 5.27. The molecule has 0 amide bonds. The Kier molecular flexibility index (Phi) is 7.24. The number of hydrogen-bond donors (Lipinski definition) is 0. The van der Waals surface area contributed by atoms with Gasteiger partial charge in [-0.2, -0.15) is 0 Å². The summed E-state index contributed by atoms with van der Waals surface area (Å²) < 4.78 is 5.88. The van der Waals surface area contributed by atoms with Crippen molar-refractivity contribution in [2.45, 2.75) is 52.9 Å². The minimum Gasteiger partial charge on any atom is -0.494 e. The first kappa shape index (κ1) is 17.3. The summed E-state index contributed by atoms with van der Waals surface area (Å²) in [4.78, 5) is 2.61. The average Bonchev–Trinajstić information content (AvgIpc) is 2.50. The van der Waals surface area contributed by atoms with Crippen molar-refractivity contribution in [3.63, 3.8) is 0 Å². The van der Waals surface area contributed by atoms with E-state index in [0.717, 1.165) is 30.6 Å². The summed E-state index contributed by atoms with van der Waals surface area (Å²) in [5.74, 6) is 2.71. The second-order valence-electron chi connectivity index (χ2n) is 7.16. The molecule has 0 spiro atoms. The molecule has 1 aliphatic rings. The molecule has 2 rings (SSSR count). The molecule has 0 N–H and O–H groups in total. The number of hydrogen-bond acceptors (Lipinski definition) is 2. The van der Waals surface area contributed by atoms with Gasteiger partial charge in [-0.05, 0) is 55.2 Å². The van der Waals surface area contributed by atoms with Crippen molar-refractivity contribution in [3.8, 4) is 5.75 Å². The van der Waals surface area contributed by atoms with Gasteiger partial charge in [0.15, 0.2) is 0 Å². The Morgan fingerprint density at radius 2 is 1.73 bits per heavy atom. The molecule has 1 aliphatic heterocycles. The molecule has 0 unspecified atom stereocenters. The number of aryl methyl sites for hydroxylation is 1. The van der Waals surface area contributed by atoms with Crippen LogP contribution >= 0.6 is 0 Å². The van der Waals surface area contributed by atoms with E-state index in [9.17, 15) is 0 Å². The molecule has 1 saturated heterocycles. The number of nitrogens with zero attached hydrogens (tertiary/aromatic N) is 1. The molecule has 0 bridgehead atoms. The zero-order chi connectivity index (χ0) is 15.8. The smallest absolute Gasteiger partial charge is 0.119 e. The zero-order valence-corrected chi connectivity index (χ0v) is 14.7. The molecule has 22 heavy (non-hydrogen) atoms. The molecular weight excluding hydrogens is 270 g/mol. The van der Waals surface area contributed by atoms with Crippen LogP contribution < -0.4 is 4.74 Å². The van der Waals surface area contributed by atoms with Crippen LogP contribution in [0.4, 0.5) is 0 Å². The van der Waals surface area contributed by atoms with Gasteiger partial charge in [-0.1, -0.05) is 39.3 Å². The Hall–Kier alpha value is -1.02. The molecule has 2 nitrogen and oxygen atoms in total. The van der Waals surface area contributed by atoms with Gasteiger partial charge in [-0.3, -0.25) is 0 Å². The lowest BCUT2D eigenvalue weighted by molar-refractivity contribution is 0.132. The second kappa shape index (κ2) is 9.19. The van der Waals surface area contributed by atoms with Crippen LogP contribution in [0.15, 0.2) is 24.3 Å². The lowest BCUT2D eigenvalue weighted by Gasteiger charge is -2.34. The summed E-state index contributed by atoms with van der Waals surface area (Å²) in [5, 5.41) is 0. The minimum absolute atomic E-state index is 0.827. The van der Waals surface area contributed by atoms with Gasteiger partial charge in [-0.25, -0.2) is 0 Å². The number of ether oxygens (including phenoxy) is 1. The maximum atomic E-state index is 5.88. The molecule has 124 valence electrons. The molecule has 0 aromatic heterocycles. The topological polar surface area (TPSA) is 12.5 Å². The average molecular weight is 303 g/mol. The zero-order valence-electron chi connectivity index (χ0n) is 14.7. The molecule has 1 aromatic carbocycles. The fourth-order valence-electron chi connectivity index (χ4n) is 3.59. The van der Waals surface area contributed by atoms with Crippen molar-refractivity contribution >= 4 is 0 Å². The van der Waals surface area contributed by atoms with E-state index in [4.69, 9.17) is 4.74 Å². The normalized spacial score (nSPS) is 22.7. The third-order valence-electron chi connectivity index (χ3n) is 4.57. The van der Waals surface area contributed by atoms with E-state index in [1.165, 1.54) is 50.9 Å². The van der Waals surface area contributed by atoms with Crippen LogP contribution in [0.1, 0.15) is 52.0 Å². The quantitative estimate of drug-likeness (QED) is 0.641. The Morgan fingerprint density at radius 1 is 1.05 bits per heavy atom. The molecule has 1 aromatic rings. The summed E-state index contributed by atoms with van der Waals surface area (Å²) in [6.45, 7) is 11.5. The number of rotatable bonds is 8. The van der Waals surface area contributed by atoms with Gasteiger partial charge < -0.3 is 9.64 Å². The molecule has 0 radical (unpaired) electrons. The molecular formula is C20H33NO. The van der Waals surface area contributed by atoms with Gasteiger partial charge in [-0.15, -0.1) is 0 Å². The standard InChI is InChI=1S/C20H33NO/c1-4-5-7-19-8-10-20(11-9-19)22-13-6-12-21-15-17(2)14-18(3)16-21/h8-11,17-18H,4-7,12-16H2,1-3H3/t17-,18-/m0/s1. The van der Waals surface area contributed by atoms with Crippen LogP contribution in [0.25, 0.3) is 0 Å². The van der Waals surface area contributed by atoms with Gasteiger partial charge in [0.1, 0.15) is 5.75 Å². The van der Waals surface area contributed by atoms with E-state index in [1.807, 2.05) is 0 Å². The first-order valence-electron chi connectivity index (χ1n) is 9.11. The lowest BCUT2D eigenvalue weighted by Crippen LogP contribution is -2.39. The Balaban J connectivity index is 1.64. The lowest BCUT2D eigenvalue weighted by atomic mass is 9.92. The van der Waals surface area contributed by atoms with Crippen LogP contribution in [0, 0.1) is 11.8 Å². The highest BCUT2D eigenvalue weighted by Gasteiger charge is 2.20. The first-order chi connectivity index (χ1) is 10.7. The van der Waals surface area contributed by atoms with E-state index < -0.39 is 0 Å². The fourth-order valence-corrected chi connectivity index (χ4v) is 3.59. The molecule has 2 atom stereocenters. The van der Waals surface area contributed by atoms with E-state index in [2.05, 4.69) is 49.9 Å². The Labute approximate surface area is 136 Å². The van der Waals surface area contributed by atoms with Gasteiger partial charge >= 0.3 is 0 Å². The van der Waals surface area contributed by atoms with Crippen molar-refractivity contribution in [3.05, 3.63) is 29.8 Å². The molecule has 2 heteroatoms. The van der Waals surface area contributed by atoms with Crippen molar-refractivity contribution in [2.75, 3.05) is 26.2 Å². The van der Waals surface area contributed by atoms with E-state index >= 15 is 0 Å². The van der Waals surface area contributed by atoms with E-state index in [1.54, 1.807) is 0 Å². The fraction of sp³-hybridized carbons (Fsp3) is 0.700. The van der Waals surface area contributed by atoms with Crippen LogP contribution in [-0.4, -0.2) is 31.1 Å². The second-order valence-corrected chi connectivity index (χ2v) is 7.16. The summed E-state index contributed by atoms with van der Waals surface area (Å²) in [6, 6.07) is 8.66. The van der Waals surface area contributed by atoms with Crippen LogP contribution in [0.5, 0.6) is 5.75 Å². The SMILES string of the molecule is CCCCc1ccc(OCCCN2C[C@@H](C)C[C@H](C)C2)cc1. The molecule has 1 fully saturated rings. The third kappa shape index (κ3) is 6.00. The van der Waals surface area contributed by atoms with Crippen molar-refractivity contribution in [1.29, 1.82) is 0 Å². The number of unbranched alkanes of at least 4 members (excludes halogenated alkanes) is 1. The first-order valence-corrected chi connectivity index (χ1v) is 9.11. The maximum Gasteiger partial charge on any atom is 0.119 e. The molecule has 1 heterocycles. The van der Waals surface area contributed by atoms with E-state index in [0.29, 0.717) is 0 Å². The van der Waals surface area contributed by atoms with Gasteiger partial charge in [0.2, 0.25) is 0 Å². The maximum absolute atomic E-state index is 5.88. The van der Waals surface area contributed by atoms with Crippen LogP contribution in [0.3, 0.4) is 0 Å². The van der Waals surface area contributed by atoms with Gasteiger partial charge in [0, 0.05) is 19.6 Å². The predicted octanol–water partition coefficient (Wildman–Crippen LogP) is 4.78. The van der Waals surface area contributed by atoms with Crippen LogP contribution in [-0.2, 0) is 6.42 Å². The summed E-state index contributed by atoms with van der Waals surface area (Å²) in [7, 11) is 0. The van der Waals surface area contributed by atoms with Crippen LogP contribution in [0.2, 0.25) is 0 Å². The number of likely N-dealkylation sites (tertiary alicyclic amines) is 1. The predicted molar refractivity (Wildman–Crippen MR) is 94.6 cm³/mol. The number of piperidine rings is 1. The van der Waals surface area contributed by atoms with Crippen molar-refractivity contribution in [2.24, 2.45) is 11.8 Å².